The van der Waals surface area contributed by atoms with Gasteiger partial charge in [-0.1, -0.05) is 68.1 Å². The molecule has 4 nitrogen and oxygen atoms in total. The highest BCUT2D eigenvalue weighted by atomic mass is 16.5. The number of aryl methyl sites for hydroxylation is 1. The fourth-order valence-corrected chi connectivity index (χ4v) is 5.70. The lowest BCUT2D eigenvalue weighted by Crippen LogP contribution is -2.53. The van der Waals surface area contributed by atoms with Crippen LogP contribution in [-0.4, -0.2) is 24.5 Å². The van der Waals surface area contributed by atoms with Crippen LogP contribution in [0.3, 0.4) is 0 Å². The Morgan fingerprint density at radius 1 is 1.20 bits per heavy atom. The van der Waals surface area contributed by atoms with Crippen LogP contribution in [-0.2, 0) is 13.0 Å². The van der Waals surface area contributed by atoms with E-state index < -0.39 is 5.60 Å². The van der Waals surface area contributed by atoms with Crippen molar-refractivity contribution in [1.82, 2.24) is 5.32 Å². The van der Waals surface area contributed by atoms with Crippen molar-refractivity contribution in [3.05, 3.63) is 64.2 Å². The molecule has 1 unspecified atom stereocenters. The highest BCUT2D eigenvalue weighted by molar-refractivity contribution is 6.33. The zero-order valence-corrected chi connectivity index (χ0v) is 21.8. The molecule has 0 bridgehead atoms. The van der Waals surface area contributed by atoms with Crippen LogP contribution in [0.15, 0.2) is 42.0 Å². The van der Waals surface area contributed by atoms with Crippen molar-refractivity contribution in [2.45, 2.75) is 91.2 Å². The molecule has 0 aromatic heterocycles. The number of rotatable bonds is 7. The smallest absolute Gasteiger partial charge is 0.255 e. The fourth-order valence-electron chi connectivity index (χ4n) is 5.70. The van der Waals surface area contributed by atoms with E-state index in [-0.39, 0.29) is 23.0 Å². The average Bonchev–Trinajstić information content (AvgIpc) is 2.79. The molecule has 2 aromatic rings. The van der Waals surface area contributed by atoms with Crippen molar-refractivity contribution in [3.8, 4) is 11.5 Å². The molecule has 0 saturated heterocycles. The second-order valence-corrected chi connectivity index (χ2v) is 11.0. The van der Waals surface area contributed by atoms with E-state index in [1.54, 1.807) is 0 Å². The van der Waals surface area contributed by atoms with Crippen molar-refractivity contribution < 1.29 is 14.6 Å². The number of amides is 1. The van der Waals surface area contributed by atoms with E-state index in [0.29, 0.717) is 29.7 Å². The summed E-state index contributed by atoms with van der Waals surface area (Å²) in [5.74, 6) is 0.473. The van der Waals surface area contributed by atoms with Crippen molar-refractivity contribution in [3.63, 3.8) is 0 Å². The minimum Gasteiger partial charge on any atom is -0.507 e. The molecule has 0 spiro atoms. The quantitative estimate of drug-likeness (QED) is 0.303. The van der Waals surface area contributed by atoms with Crippen LogP contribution < -0.4 is 15.5 Å². The first kappa shape index (κ1) is 25.4. The number of aromatic hydroxyl groups is 1. The van der Waals surface area contributed by atoms with E-state index in [4.69, 9.17) is 12.6 Å². The first-order valence-electron chi connectivity index (χ1n) is 13.0. The van der Waals surface area contributed by atoms with Gasteiger partial charge in [-0.2, -0.15) is 0 Å². The fraction of sp³-hybridized carbons (Fsp3) is 0.500. The van der Waals surface area contributed by atoms with E-state index in [2.05, 4.69) is 46.0 Å². The number of ether oxygens (including phenoxy) is 1. The average molecular weight is 471 g/mol. The highest BCUT2D eigenvalue weighted by Gasteiger charge is 2.54. The first-order valence-corrected chi connectivity index (χ1v) is 13.0. The lowest BCUT2D eigenvalue weighted by Gasteiger charge is -2.54. The number of carbonyl (C=O) groups excluding carboxylic acids is 1. The molecule has 5 heteroatoms. The van der Waals surface area contributed by atoms with Crippen LogP contribution in [0, 0.1) is 5.41 Å². The van der Waals surface area contributed by atoms with Gasteiger partial charge < -0.3 is 15.2 Å². The zero-order valence-electron chi connectivity index (χ0n) is 21.8. The summed E-state index contributed by atoms with van der Waals surface area (Å²) in [7, 11) is 6.08. The highest BCUT2D eigenvalue weighted by Crippen LogP contribution is 2.61. The van der Waals surface area contributed by atoms with Crippen LogP contribution in [0.2, 0.25) is 0 Å². The molecule has 2 radical (unpaired) electrons. The third kappa shape index (κ3) is 4.62. The minimum atomic E-state index is -0.399. The lowest BCUT2D eigenvalue weighted by molar-refractivity contribution is -0.0578. The summed E-state index contributed by atoms with van der Waals surface area (Å²) in [6.45, 7) is 11.2. The number of nitrogens with one attached hydrogen (secondary N) is 1. The topological polar surface area (TPSA) is 58.6 Å². The Kier molecular flexibility index (Phi) is 7.08. The Morgan fingerprint density at radius 2 is 1.94 bits per heavy atom. The molecule has 2 atom stereocenters. The molecule has 35 heavy (non-hydrogen) atoms. The number of unbranched alkanes of at least 4 members (excludes halogenated alkanes) is 2. The Morgan fingerprint density at radius 3 is 2.66 bits per heavy atom. The molecular weight excluding hydrogens is 433 g/mol. The van der Waals surface area contributed by atoms with E-state index in [9.17, 15) is 9.90 Å². The summed E-state index contributed by atoms with van der Waals surface area (Å²) < 4.78 is 6.60. The molecule has 2 aliphatic rings. The lowest BCUT2D eigenvalue weighted by atomic mass is 9.57. The summed E-state index contributed by atoms with van der Waals surface area (Å²) >= 11 is 0. The van der Waals surface area contributed by atoms with Gasteiger partial charge in [-0.05, 0) is 63.6 Å². The molecule has 2 N–H and O–H groups in total. The third-order valence-corrected chi connectivity index (χ3v) is 8.38. The van der Waals surface area contributed by atoms with Crippen LogP contribution in [0.1, 0.15) is 99.7 Å². The van der Waals surface area contributed by atoms with Gasteiger partial charge in [-0.3, -0.25) is 4.79 Å². The zero-order chi connectivity index (χ0) is 25.4. The van der Waals surface area contributed by atoms with Gasteiger partial charge in [0, 0.05) is 23.4 Å². The van der Waals surface area contributed by atoms with Crippen molar-refractivity contribution in [2.75, 3.05) is 0 Å². The van der Waals surface area contributed by atoms with Gasteiger partial charge in [0.05, 0.1) is 5.56 Å². The molecule has 1 aliphatic heterocycles. The maximum Gasteiger partial charge on any atom is 0.255 e. The monoisotopic (exact) mass is 471 g/mol. The van der Waals surface area contributed by atoms with Gasteiger partial charge in [0.25, 0.3) is 5.91 Å². The Bertz CT molecular complexity index is 1150. The van der Waals surface area contributed by atoms with Gasteiger partial charge >= 0.3 is 0 Å². The summed E-state index contributed by atoms with van der Waals surface area (Å²) in [6.07, 6.45) is 8.06. The number of phenolic OH excluding ortho intramolecular Hbond substituents is 1. The number of hydrogen-bond donors (Lipinski definition) is 2. The van der Waals surface area contributed by atoms with Gasteiger partial charge in [-0.25, -0.2) is 0 Å². The van der Waals surface area contributed by atoms with E-state index in [0.717, 1.165) is 48.8 Å². The van der Waals surface area contributed by atoms with Crippen molar-refractivity contribution in [1.29, 1.82) is 0 Å². The van der Waals surface area contributed by atoms with Crippen LogP contribution >= 0.6 is 0 Å². The van der Waals surface area contributed by atoms with Gasteiger partial charge in [0.1, 0.15) is 24.9 Å². The SMILES string of the molecule is [B]c1ccccc1CNC(=O)c1c(CCCCC)cc2c(c1O)C1C=C(C)CC[C@@]1(C)C(C)(C)O2. The maximum absolute atomic E-state index is 13.6. The van der Waals surface area contributed by atoms with Gasteiger partial charge in [-0.15, -0.1) is 0 Å². The van der Waals surface area contributed by atoms with Gasteiger partial charge in [0.15, 0.2) is 0 Å². The Balaban J connectivity index is 1.79. The molecule has 2 aromatic carbocycles. The standard InChI is InChI=1S/C30H38BNO3/c1-6-7-8-11-20-17-24-26(22-16-19(2)14-15-30(22,5)29(3,4)35-24)27(33)25(20)28(34)32-18-21-12-9-10-13-23(21)31/h9-10,12-13,16-17,22,33H,6-8,11,14-15,18H2,1-5H3,(H,32,34)/t22?,30-/m1/s1. The van der Waals surface area contributed by atoms with Crippen LogP contribution in [0.5, 0.6) is 11.5 Å². The molecule has 1 heterocycles. The second kappa shape index (κ2) is 9.75. The molecule has 0 saturated carbocycles. The summed E-state index contributed by atoms with van der Waals surface area (Å²) in [5.41, 5.74) is 4.17. The summed E-state index contributed by atoms with van der Waals surface area (Å²) in [5, 5.41) is 14.7. The van der Waals surface area contributed by atoms with Crippen molar-refractivity contribution in [2.24, 2.45) is 5.41 Å². The molecule has 0 fully saturated rings. The molecule has 1 aliphatic carbocycles. The molecular formula is C30H38BNO3. The number of phenols is 1. The largest absolute Gasteiger partial charge is 0.507 e. The first-order chi connectivity index (χ1) is 16.6. The normalized spacial score (nSPS) is 22.4. The van der Waals surface area contributed by atoms with E-state index >= 15 is 0 Å². The molecule has 4 rings (SSSR count). The third-order valence-electron chi connectivity index (χ3n) is 8.38. The second-order valence-electron chi connectivity index (χ2n) is 11.0. The maximum atomic E-state index is 13.6. The number of benzene rings is 2. The van der Waals surface area contributed by atoms with Gasteiger partial charge in [0.2, 0.25) is 0 Å². The molecule has 1 amide bonds. The number of fused-ring (bicyclic) bond motifs is 3. The van der Waals surface area contributed by atoms with Crippen molar-refractivity contribution >= 4 is 19.2 Å². The predicted octanol–water partition coefficient (Wildman–Crippen LogP) is 5.85. The molecule has 184 valence electrons. The van der Waals surface area contributed by atoms with Crippen LogP contribution in [0.4, 0.5) is 0 Å². The van der Waals surface area contributed by atoms with E-state index in [1.807, 2.05) is 30.3 Å². The van der Waals surface area contributed by atoms with Crippen LogP contribution in [0.25, 0.3) is 0 Å². The number of carbonyl (C=O) groups is 1. The Hall–Kier alpha value is -2.69. The summed E-state index contributed by atoms with van der Waals surface area (Å²) in [4.78, 5) is 13.6. The predicted molar refractivity (Wildman–Crippen MR) is 143 cm³/mol. The number of allylic oxidation sites excluding steroid dienone is 2. The Labute approximate surface area is 211 Å². The van der Waals surface area contributed by atoms with E-state index in [1.165, 1.54) is 5.57 Å². The summed E-state index contributed by atoms with van der Waals surface area (Å²) in [6, 6.07) is 9.52. The number of hydrogen-bond acceptors (Lipinski definition) is 3. The minimum absolute atomic E-state index is 0.0176.